The second kappa shape index (κ2) is 3.77. The first-order valence-electron chi connectivity index (χ1n) is 6.24. The zero-order chi connectivity index (χ0) is 13.1. The SMILES string of the molecule is Cn1c(=O)c2c3c(sc2n2c([S-])nnc12)CCCC3. The van der Waals surface area contributed by atoms with E-state index in [1.54, 1.807) is 23.0 Å². The Balaban J connectivity index is 2.31. The molecule has 5 nitrogen and oxygen atoms in total. The number of nitrogens with zero attached hydrogens (tertiary/aromatic N) is 4. The minimum absolute atomic E-state index is 0.0179. The number of thiophene rings is 1. The summed E-state index contributed by atoms with van der Waals surface area (Å²) in [6, 6.07) is 0. The molecule has 0 aromatic carbocycles. The third-order valence-corrected chi connectivity index (χ3v) is 5.33. The molecule has 0 saturated carbocycles. The van der Waals surface area contributed by atoms with Crippen LogP contribution in [0.25, 0.3) is 16.0 Å². The first-order valence-corrected chi connectivity index (χ1v) is 7.46. The van der Waals surface area contributed by atoms with Crippen molar-refractivity contribution in [3.63, 3.8) is 0 Å². The quantitative estimate of drug-likeness (QED) is 0.588. The van der Waals surface area contributed by atoms with Crippen LogP contribution in [-0.4, -0.2) is 19.2 Å². The third-order valence-electron chi connectivity index (χ3n) is 3.79. The number of fused-ring (bicyclic) bond motifs is 5. The largest absolute Gasteiger partial charge is 0.740 e. The molecule has 3 aromatic heterocycles. The molecule has 0 atom stereocenters. The van der Waals surface area contributed by atoms with Crippen LogP contribution < -0.4 is 5.56 Å². The van der Waals surface area contributed by atoms with Gasteiger partial charge in [0.2, 0.25) is 5.78 Å². The Morgan fingerprint density at radius 1 is 1.26 bits per heavy atom. The van der Waals surface area contributed by atoms with Crippen molar-refractivity contribution in [3.8, 4) is 0 Å². The van der Waals surface area contributed by atoms with Crippen molar-refractivity contribution in [3.05, 3.63) is 20.8 Å². The lowest BCUT2D eigenvalue weighted by atomic mass is 9.97. The second-order valence-electron chi connectivity index (χ2n) is 4.87. The molecule has 7 heteroatoms. The van der Waals surface area contributed by atoms with E-state index in [0.717, 1.165) is 29.5 Å². The number of aromatic nitrogens is 4. The van der Waals surface area contributed by atoms with Crippen LogP contribution in [0.4, 0.5) is 0 Å². The van der Waals surface area contributed by atoms with Gasteiger partial charge in [0.1, 0.15) is 4.83 Å². The number of aryl methyl sites for hydroxylation is 3. The molecule has 0 N–H and O–H groups in total. The summed E-state index contributed by atoms with van der Waals surface area (Å²) in [4.78, 5) is 14.8. The van der Waals surface area contributed by atoms with Crippen LogP contribution in [0.2, 0.25) is 0 Å². The number of hydrogen-bond donors (Lipinski definition) is 0. The maximum absolute atomic E-state index is 12.5. The maximum atomic E-state index is 12.5. The molecule has 1 aliphatic carbocycles. The molecular formula is C12H11N4OS2-. The first-order chi connectivity index (χ1) is 9.18. The van der Waals surface area contributed by atoms with E-state index in [-0.39, 0.29) is 5.56 Å². The van der Waals surface area contributed by atoms with Crippen LogP contribution in [0.1, 0.15) is 23.3 Å². The van der Waals surface area contributed by atoms with E-state index in [0.29, 0.717) is 10.9 Å². The minimum Gasteiger partial charge on any atom is -0.740 e. The Kier molecular flexibility index (Phi) is 2.25. The molecule has 0 saturated heterocycles. The fourth-order valence-corrected chi connectivity index (χ4v) is 4.50. The van der Waals surface area contributed by atoms with Crippen molar-refractivity contribution in [2.75, 3.05) is 0 Å². The third kappa shape index (κ3) is 1.37. The summed E-state index contributed by atoms with van der Waals surface area (Å²) in [6.07, 6.45) is 4.41. The topological polar surface area (TPSA) is 52.2 Å². The molecule has 0 bridgehead atoms. The average Bonchev–Trinajstić information content (AvgIpc) is 2.96. The summed E-state index contributed by atoms with van der Waals surface area (Å²) in [6.45, 7) is 0. The van der Waals surface area contributed by atoms with Crippen molar-refractivity contribution in [2.24, 2.45) is 7.05 Å². The monoisotopic (exact) mass is 291 g/mol. The molecule has 0 radical (unpaired) electrons. The van der Waals surface area contributed by atoms with Crippen molar-refractivity contribution in [1.82, 2.24) is 19.2 Å². The van der Waals surface area contributed by atoms with Crippen molar-refractivity contribution in [2.45, 2.75) is 30.8 Å². The molecule has 0 aliphatic heterocycles. The molecule has 0 unspecified atom stereocenters. The van der Waals surface area contributed by atoms with Crippen LogP contribution in [0.15, 0.2) is 9.95 Å². The van der Waals surface area contributed by atoms with Crippen LogP contribution in [0.5, 0.6) is 0 Å². The van der Waals surface area contributed by atoms with Gasteiger partial charge in [-0.15, -0.1) is 16.4 Å². The highest BCUT2D eigenvalue weighted by Gasteiger charge is 2.22. The summed E-state index contributed by atoms with van der Waals surface area (Å²) in [5, 5.41) is 9.19. The van der Waals surface area contributed by atoms with Crippen LogP contribution in [0, 0.1) is 0 Å². The highest BCUT2D eigenvalue weighted by atomic mass is 32.1. The summed E-state index contributed by atoms with van der Waals surface area (Å²) < 4.78 is 3.38. The van der Waals surface area contributed by atoms with E-state index < -0.39 is 0 Å². The van der Waals surface area contributed by atoms with Gasteiger partial charge in [0, 0.05) is 17.1 Å². The second-order valence-corrected chi connectivity index (χ2v) is 6.32. The Hall–Kier alpha value is -1.47. The van der Waals surface area contributed by atoms with E-state index in [1.165, 1.54) is 16.9 Å². The van der Waals surface area contributed by atoms with Crippen LogP contribution in [0.3, 0.4) is 0 Å². The highest BCUT2D eigenvalue weighted by Crippen LogP contribution is 2.35. The molecule has 98 valence electrons. The Bertz CT molecular complexity index is 873. The Morgan fingerprint density at radius 2 is 2.05 bits per heavy atom. The van der Waals surface area contributed by atoms with E-state index in [4.69, 9.17) is 12.6 Å². The lowest BCUT2D eigenvalue weighted by Gasteiger charge is -2.10. The number of rotatable bonds is 0. The van der Waals surface area contributed by atoms with Gasteiger partial charge in [0.15, 0.2) is 0 Å². The standard InChI is InChI=1S/C12H12N4OS2/c1-15-9(17)8-6-4-2-3-5-7(6)19-10(8)16-11(15)13-14-12(16)18/h2-5H2,1H3,(H,14,18)/p-1. The minimum atomic E-state index is 0.0179. The van der Waals surface area contributed by atoms with Crippen molar-refractivity contribution in [1.29, 1.82) is 0 Å². The van der Waals surface area contributed by atoms with E-state index in [1.807, 2.05) is 4.40 Å². The number of hydrogen-bond acceptors (Lipinski definition) is 5. The summed E-state index contributed by atoms with van der Waals surface area (Å²) in [5.74, 6) is 0.529. The van der Waals surface area contributed by atoms with Crippen LogP contribution in [-0.2, 0) is 32.5 Å². The summed E-state index contributed by atoms with van der Waals surface area (Å²) >= 11 is 6.91. The van der Waals surface area contributed by atoms with Gasteiger partial charge in [-0.2, -0.15) is 5.10 Å². The lowest BCUT2D eigenvalue weighted by molar-refractivity contribution is 0.699. The van der Waals surface area contributed by atoms with E-state index >= 15 is 0 Å². The predicted octanol–water partition coefficient (Wildman–Crippen LogP) is 1.43. The molecule has 0 fully saturated rings. The first kappa shape index (κ1) is 11.4. The smallest absolute Gasteiger partial charge is 0.263 e. The Morgan fingerprint density at radius 3 is 2.89 bits per heavy atom. The molecule has 4 rings (SSSR count). The maximum Gasteiger partial charge on any atom is 0.263 e. The van der Waals surface area contributed by atoms with Crippen molar-refractivity contribution < 1.29 is 0 Å². The fraction of sp³-hybridized carbons (Fsp3) is 0.417. The fourth-order valence-electron chi connectivity index (χ4n) is 2.85. The van der Waals surface area contributed by atoms with E-state index in [2.05, 4.69) is 10.2 Å². The lowest BCUT2D eigenvalue weighted by Crippen LogP contribution is -2.20. The highest BCUT2D eigenvalue weighted by molar-refractivity contribution is 7.58. The van der Waals surface area contributed by atoms with E-state index in [9.17, 15) is 4.79 Å². The van der Waals surface area contributed by atoms with Gasteiger partial charge < -0.3 is 12.6 Å². The van der Waals surface area contributed by atoms with Gasteiger partial charge in [-0.25, -0.2) is 0 Å². The Labute approximate surface area is 118 Å². The average molecular weight is 291 g/mol. The molecule has 0 spiro atoms. The summed E-state index contributed by atoms with van der Waals surface area (Å²) in [5.41, 5.74) is 1.24. The molecule has 1 aliphatic rings. The van der Waals surface area contributed by atoms with Gasteiger partial charge in [-0.1, -0.05) is 0 Å². The summed E-state index contributed by atoms with van der Waals surface area (Å²) in [7, 11) is 1.73. The zero-order valence-corrected chi connectivity index (χ0v) is 12.0. The van der Waals surface area contributed by atoms with Gasteiger partial charge >= 0.3 is 0 Å². The normalized spacial score (nSPS) is 15.2. The van der Waals surface area contributed by atoms with Crippen LogP contribution >= 0.6 is 11.3 Å². The zero-order valence-electron chi connectivity index (χ0n) is 10.3. The molecule has 3 aromatic rings. The molecule has 0 amide bonds. The van der Waals surface area contributed by atoms with Gasteiger partial charge in [0.25, 0.3) is 5.56 Å². The van der Waals surface area contributed by atoms with Crippen molar-refractivity contribution >= 4 is 40.0 Å². The predicted molar refractivity (Wildman–Crippen MR) is 75.9 cm³/mol. The van der Waals surface area contributed by atoms with Gasteiger partial charge in [0.05, 0.1) is 5.39 Å². The molecule has 19 heavy (non-hydrogen) atoms. The molecular weight excluding hydrogens is 280 g/mol. The van der Waals surface area contributed by atoms with Gasteiger partial charge in [-0.05, 0) is 31.2 Å². The van der Waals surface area contributed by atoms with Gasteiger partial charge in [-0.3, -0.25) is 13.8 Å². The molecule has 3 heterocycles.